The number of hydrogen-bond donors (Lipinski definition) is 1. The van der Waals surface area contributed by atoms with Crippen LogP contribution < -0.4 is 10.1 Å². The van der Waals surface area contributed by atoms with Crippen LogP contribution in [0.1, 0.15) is 12.5 Å². The smallest absolute Gasteiger partial charge is 0.189 e. The first-order chi connectivity index (χ1) is 7.27. The molecule has 0 amide bonds. The second-order valence-electron chi connectivity index (χ2n) is 3.05. The van der Waals surface area contributed by atoms with Gasteiger partial charge in [0.2, 0.25) is 0 Å². The topological polar surface area (TPSA) is 30.5 Å². The Morgan fingerprint density at radius 1 is 1.40 bits per heavy atom. The molecule has 0 radical (unpaired) electrons. The third-order valence-corrected chi connectivity index (χ3v) is 1.88. The number of ether oxygens (including phenoxy) is 2. The first kappa shape index (κ1) is 11.9. The average Bonchev–Trinajstić information content (AvgIpc) is 2.22. The zero-order chi connectivity index (χ0) is 11.1. The van der Waals surface area contributed by atoms with Crippen molar-refractivity contribution in [1.82, 2.24) is 5.32 Å². The first-order valence-electron chi connectivity index (χ1n) is 4.91. The van der Waals surface area contributed by atoms with Crippen LogP contribution in [0.2, 0.25) is 0 Å². The van der Waals surface area contributed by atoms with E-state index in [0.29, 0.717) is 13.2 Å². The van der Waals surface area contributed by atoms with Gasteiger partial charge in [0.25, 0.3) is 0 Å². The molecule has 4 heteroatoms. The molecule has 0 aliphatic carbocycles. The highest BCUT2D eigenvalue weighted by molar-refractivity contribution is 5.29. The van der Waals surface area contributed by atoms with E-state index in [1.807, 2.05) is 20.0 Å². The van der Waals surface area contributed by atoms with Crippen molar-refractivity contribution in [2.75, 3.05) is 20.4 Å². The normalized spacial score (nSPS) is 10.3. The van der Waals surface area contributed by atoms with Crippen LogP contribution in [0.4, 0.5) is 4.39 Å². The molecule has 1 aromatic rings. The fraction of sp³-hybridized carbons (Fsp3) is 0.455. The van der Waals surface area contributed by atoms with Crippen molar-refractivity contribution < 1.29 is 13.9 Å². The van der Waals surface area contributed by atoms with Crippen LogP contribution >= 0.6 is 0 Å². The number of benzene rings is 1. The molecule has 1 aromatic carbocycles. The fourth-order valence-electron chi connectivity index (χ4n) is 1.16. The van der Waals surface area contributed by atoms with Crippen LogP contribution in [-0.4, -0.2) is 20.4 Å². The van der Waals surface area contributed by atoms with Gasteiger partial charge in [-0.25, -0.2) is 4.39 Å². The first-order valence-corrected chi connectivity index (χ1v) is 4.91. The van der Waals surface area contributed by atoms with Crippen molar-refractivity contribution in [2.24, 2.45) is 0 Å². The van der Waals surface area contributed by atoms with E-state index < -0.39 is 0 Å². The predicted molar refractivity (Wildman–Crippen MR) is 56.3 cm³/mol. The van der Waals surface area contributed by atoms with Crippen LogP contribution in [-0.2, 0) is 11.3 Å². The molecule has 3 nitrogen and oxygen atoms in total. The third kappa shape index (κ3) is 3.85. The highest BCUT2D eigenvalue weighted by atomic mass is 19.1. The lowest BCUT2D eigenvalue weighted by atomic mass is 10.2. The number of hydrogen-bond acceptors (Lipinski definition) is 3. The highest BCUT2D eigenvalue weighted by Gasteiger charge is 2.03. The Morgan fingerprint density at radius 3 is 2.80 bits per heavy atom. The zero-order valence-electron chi connectivity index (χ0n) is 9.05. The van der Waals surface area contributed by atoms with Crippen LogP contribution in [0.3, 0.4) is 0 Å². The maximum atomic E-state index is 13.4. The van der Waals surface area contributed by atoms with E-state index in [1.165, 1.54) is 6.07 Å². The van der Waals surface area contributed by atoms with Gasteiger partial charge >= 0.3 is 0 Å². The monoisotopic (exact) mass is 213 g/mol. The molecule has 0 unspecified atom stereocenters. The van der Waals surface area contributed by atoms with Crippen LogP contribution in [0.15, 0.2) is 18.2 Å². The number of nitrogens with one attached hydrogen (secondary N) is 1. The molecule has 0 aliphatic rings. The summed E-state index contributed by atoms with van der Waals surface area (Å²) in [6, 6.07) is 4.89. The van der Waals surface area contributed by atoms with Gasteiger partial charge in [-0.1, -0.05) is 6.07 Å². The summed E-state index contributed by atoms with van der Waals surface area (Å²) in [6.45, 7) is 3.14. The summed E-state index contributed by atoms with van der Waals surface area (Å²) in [5.41, 5.74) is 0.888. The fourth-order valence-corrected chi connectivity index (χ4v) is 1.16. The molecule has 0 aromatic heterocycles. The SMILES string of the molecule is CCOCOc1ccc(CNC)cc1F. The second kappa shape index (κ2) is 6.37. The Kier molecular flexibility index (Phi) is 5.07. The van der Waals surface area contributed by atoms with Crippen molar-refractivity contribution in [3.05, 3.63) is 29.6 Å². The quantitative estimate of drug-likeness (QED) is 0.578. The molecule has 84 valence electrons. The van der Waals surface area contributed by atoms with Crippen LogP contribution in [0.5, 0.6) is 5.75 Å². The molecule has 0 heterocycles. The van der Waals surface area contributed by atoms with E-state index in [2.05, 4.69) is 5.32 Å². The van der Waals surface area contributed by atoms with Crippen molar-refractivity contribution in [3.8, 4) is 5.75 Å². The maximum absolute atomic E-state index is 13.4. The Balaban J connectivity index is 2.58. The van der Waals surface area contributed by atoms with E-state index in [4.69, 9.17) is 9.47 Å². The summed E-state index contributed by atoms with van der Waals surface area (Å²) < 4.78 is 23.5. The van der Waals surface area contributed by atoms with E-state index in [0.717, 1.165) is 5.56 Å². The van der Waals surface area contributed by atoms with Gasteiger partial charge < -0.3 is 14.8 Å². The number of rotatable bonds is 6. The molecule has 0 fully saturated rings. The summed E-state index contributed by atoms with van der Waals surface area (Å²) in [4.78, 5) is 0. The molecule has 1 N–H and O–H groups in total. The minimum atomic E-state index is -0.359. The summed E-state index contributed by atoms with van der Waals surface area (Å²) >= 11 is 0. The summed E-state index contributed by atoms with van der Waals surface area (Å²) in [5, 5.41) is 2.95. The molecular formula is C11H16FNO2. The largest absolute Gasteiger partial charge is 0.464 e. The van der Waals surface area contributed by atoms with Gasteiger partial charge in [-0.05, 0) is 31.7 Å². The second-order valence-corrected chi connectivity index (χ2v) is 3.05. The van der Waals surface area contributed by atoms with Crippen molar-refractivity contribution in [3.63, 3.8) is 0 Å². The molecule has 0 atom stereocenters. The van der Waals surface area contributed by atoms with E-state index in [9.17, 15) is 4.39 Å². The zero-order valence-corrected chi connectivity index (χ0v) is 9.05. The highest BCUT2D eigenvalue weighted by Crippen LogP contribution is 2.18. The lowest BCUT2D eigenvalue weighted by Gasteiger charge is -2.08. The van der Waals surface area contributed by atoms with Gasteiger partial charge in [-0.15, -0.1) is 0 Å². The van der Waals surface area contributed by atoms with Gasteiger partial charge in [0.05, 0.1) is 0 Å². The Bertz CT molecular complexity index is 305. The third-order valence-electron chi connectivity index (χ3n) is 1.88. The van der Waals surface area contributed by atoms with E-state index in [1.54, 1.807) is 6.07 Å². The molecule has 0 aliphatic heterocycles. The summed E-state index contributed by atoms with van der Waals surface area (Å²) in [7, 11) is 1.82. The molecule has 0 bridgehead atoms. The predicted octanol–water partition coefficient (Wildman–Crippen LogP) is 1.92. The molecule has 15 heavy (non-hydrogen) atoms. The molecule has 0 saturated heterocycles. The van der Waals surface area contributed by atoms with Gasteiger partial charge in [-0.2, -0.15) is 0 Å². The van der Waals surface area contributed by atoms with Gasteiger partial charge in [0.1, 0.15) is 0 Å². The average molecular weight is 213 g/mol. The molecular weight excluding hydrogens is 197 g/mol. The Morgan fingerprint density at radius 2 is 2.20 bits per heavy atom. The lowest BCUT2D eigenvalue weighted by Crippen LogP contribution is -2.07. The Labute approximate surface area is 89.2 Å². The minimum absolute atomic E-state index is 0.0821. The summed E-state index contributed by atoms with van der Waals surface area (Å²) in [5.74, 6) is -0.134. The standard InChI is InChI=1S/C11H16FNO2/c1-3-14-8-15-11-5-4-9(7-13-2)6-10(11)12/h4-6,13H,3,7-8H2,1-2H3. The Hall–Kier alpha value is -1.13. The van der Waals surface area contributed by atoms with Gasteiger partial charge in [0, 0.05) is 13.2 Å². The van der Waals surface area contributed by atoms with Crippen molar-refractivity contribution in [1.29, 1.82) is 0 Å². The number of halogens is 1. The van der Waals surface area contributed by atoms with Crippen LogP contribution in [0.25, 0.3) is 0 Å². The molecule has 0 saturated carbocycles. The van der Waals surface area contributed by atoms with Crippen molar-refractivity contribution in [2.45, 2.75) is 13.5 Å². The van der Waals surface area contributed by atoms with Crippen molar-refractivity contribution >= 4 is 0 Å². The van der Waals surface area contributed by atoms with Gasteiger partial charge in [-0.3, -0.25) is 0 Å². The molecule has 1 rings (SSSR count). The van der Waals surface area contributed by atoms with Gasteiger partial charge in [0.15, 0.2) is 18.4 Å². The van der Waals surface area contributed by atoms with E-state index >= 15 is 0 Å². The minimum Gasteiger partial charge on any atom is -0.464 e. The van der Waals surface area contributed by atoms with Crippen LogP contribution in [0, 0.1) is 5.82 Å². The summed E-state index contributed by atoms with van der Waals surface area (Å²) in [6.07, 6.45) is 0. The van der Waals surface area contributed by atoms with E-state index in [-0.39, 0.29) is 18.4 Å². The molecule has 0 spiro atoms. The maximum Gasteiger partial charge on any atom is 0.189 e. The lowest BCUT2D eigenvalue weighted by molar-refractivity contribution is 0.0201.